The molecule has 1 atom stereocenters. The van der Waals surface area contributed by atoms with Crippen molar-refractivity contribution in [2.24, 2.45) is 0 Å². The molecule has 2 amide bonds. The van der Waals surface area contributed by atoms with E-state index in [1.165, 1.54) is 22.7 Å². The van der Waals surface area contributed by atoms with E-state index in [2.05, 4.69) is 20.2 Å². The SMILES string of the molecule is Cc1cc(C)nc(SCC(=O)N(Cc2ccccc2F)C(C)C(=O)Nc2ccc(N3CCOCC3)cc2)n1. The number of morpholine rings is 1. The molecular formula is C28H32FN5O3S. The quantitative estimate of drug-likeness (QED) is 0.323. The third-order valence-electron chi connectivity index (χ3n) is 6.26. The number of hydrogen-bond donors (Lipinski definition) is 1. The van der Waals surface area contributed by atoms with Gasteiger partial charge in [-0.3, -0.25) is 9.59 Å². The lowest BCUT2D eigenvalue weighted by Gasteiger charge is -2.29. The minimum atomic E-state index is -0.846. The largest absolute Gasteiger partial charge is 0.378 e. The highest BCUT2D eigenvalue weighted by Crippen LogP contribution is 2.21. The molecule has 0 aliphatic carbocycles. The van der Waals surface area contributed by atoms with E-state index in [4.69, 9.17) is 4.74 Å². The molecule has 2 heterocycles. The predicted octanol–water partition coefficient (Wildman–Crippen LogP) is 4.22. The monoisotopic (exact) mass is 537 g/mol. The van der Waals surface area contributed by atoms with Crippen LogP contribution in [-0.2, 0) is 20.9 Å². The third kappa shape index (κ3) is 7.29. The molecule has 1 N–H and O–H groups in total. The number of hydrogen-bond acceptors (Lipinski definition) is 7. The molecule has 10 heteroatoms. The van der Waals surface area contributed by atoms with Gasteiger partial charge in [0.2, 0.25) is 11.8 Å². The molecule has 1 aliphatic heterocycles. The Morgan fingerprint density at radius 3 is 2.39 bits per heavy atom. The standard InChI is InChI=1S/C28H32FN5O3S/c1-19-16-20(2)31-28(30-19)38-18-26(35)34(17-22-6-4-5-7-25(22)29)21(3)27(36)32-23-8-10-24(11-9-23)33-12-14-37-15-13-33/h4-11,16,21H,12-15,17-18H2,1-3H3,(H,32,36). The number of nitrogens with one attached hydrogen (secondary N) is 1. The van der Waals surface area contributed by atoms with Crippen LogP contribution in [0.25, 0.3) is 0 Å². The first-order valence-corrected chi connectivity index (χ1v) is 13.5. The number of carbonyl (C=O) groups is 2. The van der Waals surface area contributed by atoms with Gasteiger partial charge in [0.15, 0.2) is 5.16 Å². The summed E-state index contributed by atoms with van der Waals surface area (Å²) in [6.07, 6.45) is 0. The Balaban J connectivity index is 1.46. The number of ether oxygens (including phenoxy) is 1. The summed E-state index contributed by atoms with van der Waals surface area (Å²) in [5.74, 6) is -1.09. The van der Waals surface area contributed by atoms with Gasteiger partial charge in [-0.05, 0) is 57.2 Å². The molecule has 200 valence electrons. The van der Waals surface area contributed by atoms with Crippen LogP contribution in [0.15, 0.2) is 59.8 Å². The van der Waals surface area contributed by atoms with Crippen LogP contribution >= 0.6 is 11.8 Å². The van der Waals surface area contributed by atoms with Crippen molar-refractivity contribution in [3.05, 3.63) is 77.4 Å². The highest BCUT2D eigenvalue weighted by atomic mass is 32.2. The summed E-state index contributed by atoms with van der Waals surface area (Å²) >= 11 is 1.20. The van der Waals surface area contributed by atoms with Gasteiger partial charge in [-0.2, -0.15) is 0 Å². The number of aromatic nitrogens is 2. The smallest absolute Gasteiger partial charge is 0.246 e. The van der Waals surface area contributed by atoms with Gasteiger partial charge in [0, 0.05) is 48.0 Å². The second-order valence-electron chi connectivity index (χ2n) is 9.15. The number of amides is 2. The normalized spacial score (nSPS) is 14.2. The van der Waals surface area contributed by atoms with E-state index in [9.17, 15) is 14.0 Å². The van der Waals surface area contributed by atoms with E-state index in [0.29, 0.717) is 29.6 Å². The van der Waals surface area contributed by atoms with Gasteiger partial charge in [-0.25, -0.2) is 14.4 Å². The summed E-state index contributed by atoms with van der Waals surface area (Å²) in [6.45, 7) is 8.36. The van der Waals surface area contributed by atoms with Crippen molar-refractivity contribution >= 4 is 35.0 Å². The molecule has 0 spiro atoms. The molecule has 2 aromatic carbocycles. The van der Waals surface area contributed by atoms with Gasteiger partial charge in [-0.1, -0.05) is 30.0 Å². The Morgan fingerprint density at radius 2 is 1.74 bits per heavy atom. The number of nitrogens with zero attached hydrogens (tertiary/aromatic N) is 4. The maximum atomic E-state index is 14.5. The number of halogens is 1. The number of anilines is 2. The molecule has 4 rings (SSSR count). The molecule has 0 bridgehead atoms. The maximum absolute atomic E-state index is 14.5. The molecule has 1 unspecified atom stereocenters. The summed E-state index contributed by atoms with van der Waals surface area (Å²) in [5, 5.41) is 3.38. The molecular weight excluding hydrogens is 505 g/mol. The molecule has 1 saturated heterocycles. The first kappa shape index (κ1) is 27.5. The van der Waals surface area contributed by atoms with Crippen molar-refractivity contribution in [2.75, 3.05) is 42.3 Å². The predicted molar refractivity (Wildman–Crippen MR) is 147 cm³/mol. The van der Waals surface area contributed by atoms with E-state index < -0.39 is 11.9 Å². The van der Waals surface area contributed by atoms with Gasteiger partial charge >= 0.3 is 0 Å². The zero-order valence-electron chi connectivity index (χ0n) is 21.8. The number of benzene rings is 2. The first-order chi connectivity index (χ1) is 18.3. The first-order valence-electron chi connectivity index (χ1n) is 12.5. The van der Waals surface area contributed by atoms with E-state index in [1.807, 2.05) is 44.2 Å². The van der Waals surface area contributed by atoms with Crippen LogP contribution in [-0.4, -0.2) is 64.8 Å². The summed E-state index contributed by atoms with van der Waals surface area (Å²) in [5.41, 5.74) is 3.63. The van der Waals surface area contributed by atoms with Gasteiger partial charge in [0.05, 0.1) is 19.0 Å². The number of carbonyl (C=O) groups excluding carboxylic acids is 2. The number of aryl methyl sites for hydroxylation is 2. The van der Waals surface area contributed by atoms with E-state index in [1.54, 1.807) is 25.1 Å². The summed E-state index contributed by atoms with van der Waals surface area (Å²) in [7, 11) is 0. The Bertz CT molecular complexity index is 1250. The topological polar surface area (TPSA) is 87.7 Å². The lowest BCUT2D eigenvalue weighted by atomic mass is 10.1. The molecule has 0 radical (unpaired) electrons. The summed E-state index contributed by atoms with van der Waals surface area (Å²) < 4.78 is 19.9. The van der Waals surface area contributed by atoms with E-state index >= 15 is 0 Å². The van der Waals surface area contributed by atoms with Crippen LogP contribution in [0.5, 0.6) is 0 Å². The Morgan fingerprint density at radius 1 is 1.08 bits per heavy atom. The third-order valence-corrected chi connectivity index (χ3v) is 7.10. The minimum absolute atomic E-state index is 0.0171. The van der Waals surface area contributed by atoms with Gasteiger partial charge < -0.3 is 19.9 Å². The zero-order valence-corrected chi connectivity index (χ0v) is 22.6. The molecule has 1 aliphatic rings. The van der Waals surface area contributed by atoms with Crippen LogP contribution in [0, 0.1) is 19.7 Å². The molecule has 8 nitrogen and oxygen atoms in total. The van der Waals surface area contributed by atoms with Crippen molar-refractivity contribution < 1.29 is 18.7 Å². The molecule has 1 fully saturated rings. The van der Waals surface area contributed by atoms with Gasteiger partial charge in [0.25, 0.3) is 0 Å². The molecule has 3 aromatic rings. The highest BCUT2D eigenvalue weighted by Gasteiger charge is 2.27. The van der Waals surface area contributed by atoms with Crippen molar-refractivity contribution in [2.45, 2.75) is 38.5 Å². The van der Waals surface area contributed by atoms with Crippen LogP contribution < -0.4 is 10.2 Å². The molecule has 0 saturated carbocycles. The Labute approximate surface area is 226 Å². The summed E-state index contributed by atoms with van der Waals surface area (Å²) in [4.78, 5) is 38.9. The molecule has 1 aromatic heterocycles. The minimum Gasteiger partial charge on any atom is -0.378 e. The molecule has 38 heavy (non-hydrogen) atoms. The Hall–Kier alpha value is -3.50. The zero-order chi connectivity index (χ0) is 27.1. The second-order valence-corrected chi connectivity index (χ2v) is 10.1. The van der Waals surface area contributed by atoms with Crippen molar-refractivity contribution in [1.82, 2.24) is 14.9 Å². The van der Waals surface area contributed by atoms with Crippen LogP contribution in [0.4, 0.5) is 15.8 Å². The fourth-order valence-corrected chi connectivity index (χ4v) is 5.02. The van der Waals surface area contributed by atoms with Crippen LogP contribution in [0.1, 0.15) is 23.9 Å². The average molecular weight is 538 g/mol. The maximum Gasteiger partial charge on any atom is 0.246 e. The van der Waals surface area contributed by atoms with Crippen LogP contribution in [0.2, 0.25) is 0 Å². The lowest BCUT2D eigenvalue weighted by Crippen LogP contribution is -2.46. The second kappa shape index (κ2) is 12.8. The fourth-order valence-electron chi connectivity index (χ4n) is 4.18. The van der Waals surface area contributed by atoms with Crippen LogP contribution in [0.3, 0.4) is 0 Å². The van der Waals surface area contributed by atoms with E-state index in [-0.39, 0.29) is 24.1 Å². The van der Waals surface area contributed by atoms with Crippen molar-refractivity contribution in [3.63, 3.8) is 0 Å². The Kier molecular flexibility index (Phi) is 9.30. The average Bonchev–Trinajstić information content (AvgIpc) is 2.91. The van der Waals surface area contributed by atoms with Gasteiger partial charge in [-0.15, -0.1) is 0 Å². The fraction of sp³-hybridized carbons (Fsp3) is 0.357. The highest BCUT2D eigenvalue weighted by molar-refractivity contribution is 7.99. The lowest BCUT2D eigenvalue weighted by molar-refractivity contribution is -0.136. The van der Waals surface area contributed by atoms with Crippen molar-refractivity contribution in [1.29, 1.82) is 0 Å². The van der Waals surface area contributed by atoms with Crippen molar-refractivity contribution in [3.8, 4) is 0 Å². The number of rotatable bonds is 9. The van der Waals surface area contributed by atoms with Gasteiger partial charge in [0.1, 0.15) is 11.9 Å². The summed E-state index contributed by atoms with van der Waals surface area (Å²) in [6, 6.07) is 14.9. The van der Waals surface area contributed by atoms with E-state index in [0.717, 1.165) is 30.2 Å². The number of thioether (sulfide) groups is 1.